The summed E-state index contributed by atoms with van der Waals surface area (Å²) in [6.45, 7) is 2.71. The number of aromatic amines is 1. The van der Waals surface area contributed by atoms with Crippen LogP contribution in [0.25, 0.3) is 10.9 Å². The van der Waals surface area contributed by atoms with Crippen LogP contribution in [-0.2, 0) is 31.5 Å². The van der Waals surface area contributed by atoms with Gasteiger partial charge in [-0.05, 0) is 41.8 Å². The van der Waals surface area contributed by atoms with E-state index in [0.29, 0.717) is 10.9 Å². The van der Waals surface area contributed by atoms with Crippen molar-refractivity contribution < 1.29 is 55.3 Å². The number of alkyl halides is 6. The number of amides is 2. The van der Waals surface area contributed by atoms with Crippen LogP contribution < -0.4 is 15.4 Å². The van der Waals surface area contributed by atoms with E-state index < -0.39 is 65.3 Å². The number of nitrogens with one attached hydrogen (secondary N) is 3. The summed E-state index contributed by atoms with van der Waals surface area (Å²) in [5.74, 6) is -6.37. The second-order valence-corrected chi connectivity index (χ2v) is 8.79. The zero-order chi connectivity index (χ0) is 30.0. The Balaban J connectivity index is 2.04. The molecule has 15 heteroatoms. The molecule has 1 atom stereocenters. The maximum atomic E-state index is 14.0. The van der Waals surface area contributed by atoms with E-state index in [0.717, 1.165) is 12.7 Å². The van der Waals surface area contributed by atoms with Gasteiger partial charge in [-0.25, -0.2) is 4.79 Å². The molecule has 0 saturated carbocycles. The molecule has 3 rings (SSSR count). The van der Waals surface area contributed by atoms with Crippen molar-refractivity contribution >= 4 is 34.4 Å². The Morgan fingerprint density at radius 2 is 1.57 bits per heavy atom. The smallest absolute Gasteiger partial charge is 0.420 e. The normalized spacial score (nSPS) is 12.8. The SMILES string of the molecule is COC(=O)C(CO)NC(=O)C(=O)Nc1cc(C(F)(F)F)c(Oc2ccc3[nH]cc(C(C)C)c3c2)c(C(F)(F)F)c1. The zero-order valence-corrected chi connectivity index (χ0v) is 21.1. The topological polar surface area (TPSA) is 130 Å². The predicted molar refractivity (Wildman–Crippen MR) is 129 cm³/mol. The van der Waals surface area contributed by atoms with Gasteiger partial charge in [0.2, 0.25) is 0 Å². The van der Waals surface area contributed by atoms with E-state index in [9.17, 15) is 40.7 Å². The Hall–Kier alpha value is -4.27. The fraction of sp³-hybridized carbons (Fsp3) is 0.320. The third kappa shape index (κ3) is 6.65. The lowest BCUT2D eigenvalue weighted by atomic mass is 10.0. The number of carbonyl (C=O) groups is 3. The number of methoxy groups -OCH3 is 1. The van der Waals surface area contributed by atoms with Crippen LogP contribution in [0, 0.1) is 0 Å². The van der Waals surface area contributed by atoms with Crippen molar-refractivity contribution in [1.29, 1.82) is 0 Å². The third-order valence-corrected chi connectivity index (χ3v) is 5.66. The number of anilines is 1. The molecule has 0 bridgehead atoms. The number of esters is 1. The molecule has 2 amide bonds. The van der Waals surface area contributed by atoms with Gasteiger partial charge in [0, 0.05) is 22.8 Å². The lowest BCUT2D eigenvalue weighted by Crippen LogP contribution is -2.48. The summed E-state index contributed by atoms with van der Waals surface area (Å²) in [5, 5.41) is 13.1. The second-order valence-electron chi connectivity index (χ2n) is 8.79. The fourth-order valence-electron chi connectivity index (χ4n) is 3.75. The Morgan fingerprint density at radius 1 is 0.975 bits per heavy atom. The molecule has 1 unspecified atom stereocenters. The Morgan fingerprint density at radius 3 is 2.08 bits per heavy atom. The highest BCUT2D eigenvalue weighted by Gasteiger charge is 2.43. The Kier molecular flexibility index (Phi) is 8.67. The molecule has 216 valence electrons. The highest BCUT2D eigenvalue weighted by Crippen LogP contribution is 2.47. The summed E-state index contributed by atoms with van der Waals surface area (Å²) in [5.41, 5.74) is -3.43. The van der Waals surface area contributed by atoms with Gasteiger partial charge in [-0.3, -0.25) is 9.59 Å². The number of fused-ring (bicyclic) bond motifs is 1. The minimum absolute atomic E-state index is 0.0131. The molecule has 0 aliphatic rings. The van der Waals surface area contributed by atoms with Crippen molar-refractivity contribution in [3.8, 4) is 11.5 Å². The van der Waals surface area contributed by atoms with E-state index in [1.807, 2.05) is 13.8 Å². The van der Waals surface area contributed by atoms with Gasteiger partial charge in [0.05, 0.1) is 13.7 Å². The van der Waals surface area contributed by atoms with E-state index >= 15 is 0 Å². The number of aromatic nitrogens is 1. The summed E-state index contributed by atoms with van der Waals surface area (Å²) < 4.78 is 93.4. The minimum atomic E-state index is -5.38. The van der Waals surface area contributed by atoms with Crippen molar-refractivity contribution in [2.24, 2.45) is 0 Å². The number of aliphatic hydroxyl groups is 1. The molecule has 0 spiro atoms. The predicted octanol–water partition coefficient (Wildman–Crippen LogP) is 4.71. The van der Waals surface area contributed by atoms with Crippen molar-refractivity contribution in [1.82, 2.24) is 10.3 Å². The van der Waals surface area contributed by atoms with Crippen LogP contribution in [0.5, 0.6) is 11.5 Å². The van der Waals surface area contributed by atoms with Gasteiger partial charge in [0.25, 0.3) is 0 Å². The first kappa shape index (κ1) is 30.3. The first-order valence-corrected chi connectivity index (χ1v) is 11.5. The zero-order valence-electron chi connectivity index (χ0n) is 21.1. The number of rotatable bonds is 7. The van der Waals surface area contributed by atoms with Gasteiger partial charge in [-0.2, -0.15) is 26.3 Å². The average molecular weight is 575 g/mol. The maximum absolute atomic E-state index is 14.0. The largest absolute Gasteiger partial charge is 0.467 e. The van der Waals surface area contributed by atoms with E-state index in [1.54, 1.807) is 16.8 Å². The average Bonchev–Trinajstić information content (AvgIpc) is 3.29. The number of aliphatic hydroxyl groups excluding tert-OH is 1. The summed E-state index contributed by atoms with van der Waals surface area (Å²) in [6, 6.07) is 2.59. The first-order valence-electron chi connectivity index (χ1n) is 11.5. The highest BCUT2D eigenvalue weighted by atomic mass is 19.4. The molecular formula is C25H23F6N3O6. The highest BCUT2D eigenvalue weighted by molar-refractivity contribution is 6.40. The van der Waals surface area contributed by atoms with Crippen LogP contribution in [0.2, 0.25) is 0 Å². The Bertz CT molecular complexity index is 1400. The van der Waals surface area contributed by atoms with Crippen molar-refractivity contribution in [3.63, 3.8) is 0 Å². The number of hydrogen-bond donors (Lipinski definition) is 4. The van der Waals surface area contributed by atoms with Gasteiger partial charge in [-0.15, -0.1) is 0 Å². The molecule has 0 radical (unpaired) electrons. The van der Waals surface area contributed by atoms with Crippen molar-refractivity contribution in [2.45, 2.75) is 38.2 Å². The molecule has 0 aliphatic heterocycles. The minimum Gasteiger partial charge on any atom is -0.467 e. The molecule has 2 aromatic carbocycles. The monoisotopic (exact) mass is 575 g/mol. The Labute approximate surface area is 222 Å². The number of hydrogen-bond acceptors (Lipinski definition) is 6. The number of ether oxygens (including phenoxy) is 2. The standard InChI is InChI=1S/C25H23F6N3O6/c1-11(2)15-9-32-18-5-4-13(8-14(15)18)40-20-16(24(26,27)28)6-12(7-17(20)25(29,30)31)33-21(36)22(37)34-19(10-35)23(38)39-3/h4-9,11,19,32,35H,10H2,1-3H3,(H,33,36)(H,34,37). The summed E-state index contributed by atoms with van der Waals surface area (Å²) in [7, 11) is 0.914. The number of halogens is 6. The van der Waals surface area contributed by atoms with Crippen LogP contribution in [0.4, 0.5) is 32.0 Å². The van der Waals surface area contributed by atoms with Crippen LogP contribution in [-0.4, -0.2) is 47.6 Å². The quantitative estimate of drug-likeness (QED) is 0.184. The second kappa shape index (κ2) is 11.5. The van der Waals surface area contributed by atoms with E-state index in [2.05, 4.69) is 9.72 Å². The molecule has 0 aliphatic carbocycles. The molecule has 3 aromatic rings. The van der Waals surface area contributed by atoms with Crippen LogP contribution in [0.3, 0.4) is 0 Å². The van der Waals surface area contributed by atoms with Crippen molar-refractivity contribution in [3.05, 3.63) is 53.2 Å². The molecule has 40 heavy (non-hydrogen) atoms. The number of benzene rings is 2. The number of carbonyl (C=O) groups excluding carboxylic acids is 3. The van der Waals surface area contributed by atoms with E-state index in [1.165, 1.54) is 18.2 Å². The first-order chi connectivity index (χ1) is 18.6. The van der Waals surface area contributed by atoms with Crippen LogP contribution in [0.15, 0.2) is 36.5 Å². The molecule has 9 nitrogen and oxygen atoms in total. The molecule has 1 aromatic heterocycles. The molecule has 0 saturated heterocycles. The van der Waals surface area contributed by atoms with E-state index in [-0.39, 0.29) is 23.8 Å². The molecule has 4 N–H and O–H groups in total. The lowest BCUT2D eigenvalue weighted by Gasteiger charge is -2.21. The van der Waals surface area contributed by atoms with Gasteiger partial charge in [0.15, 0.2) is 11.8 Å². The third-order valence-electron chi connectivity index (χ3n) is 5.66. The molecule has 1 heterocycles. The van der Waals surface area contributed by atoms with Crippen LogP contribution in [0.1, 0.15) is 36.5 Å². The van der Waals surface area contributed by atoms with Gasteiger partial charge in [-0.1, -0.05) is 13.8 Å². The van der Waals surface area contributed by atoms with Gasteiger partial charge in [0.1, 0.15) is 16.9 Å². The lowest BCUT2D eigenvalue weighted by molar-refractivity contribution is -0.147. The molecule has 0 fully saturated rings. The fourth-order valence-corrected chi connectivity index (χ4v) is 3.75. The number of H-pyrrole nitrogens is 1. The molecular weight excluding hydrogens is 552 g/mol. The maximum Gasteiger partial charge on any atom is 0.420 e. The van der Waals surface area contributed by atoms with Gasteiger partial charge < -0.3 is 30.2 Å². The van der Waals surface area contributed by atoms with Crippen molar-refractivity contribution in [2.75, 3.05) is 19.0 Å². The summed E-state index contributed by atoms with van der Waals surface area (Å²) in [6.07, 6.45) is -9.10. The summed E-state index contributed by atoms with van der Waals surface area (Å²) >= 11 is 0. The van der Waals surface area contributed by atoms with E-state index in [4.69, 9.17) is 9.84 Å². The van der Waals surface area contributed by atoms with Crippen LogP contribution >= 0.6 is 0 Å². The summed E-state index contributed by atoms with van der Waals surface area (Å²) in [4.78, 5) is 38.7. The van der Waals surface area contributed by atoms with Gasteiger partial charge >= 0.3 is 30.1 Å².